The first-order chi connectivity index (χ1) is 7.13. The number of benzene rings is 1. The van der Waals surface area contributed by atoms with Crippen molar-refractivity contribution in [2.24, 2.45) is 5.73 Å². The Bertz CT molecular complexity index is 381. The first-order valence-electron chi connectivity index (χ1n) is 5.11. The molecule has 0 radical (unpaired) electrons. The second-order valence-corrected chi connectivity index (χ2v) is 5.74. The van der Waals surface area contributed by atoms with Gasteiger partial charge in [0.2, 0.25) is 0 Å². The van der Waals surface area contributed by atoms with Crippen LogP contribution in [-0.4, -0.2) is 17.1 Å². The summed E-state index contributed by atoms with van der Waals surface area (Å²) in [5, 5.41) is 0. The Morgan fingerprint density at radius 2 is 2.20 bits per heavy atom. The minimum absolute atomic E-state index is 0.0229. The third-order valence-electron chi connectivity index (χ3n) is 2.73. The molecule has 0 aromatic heterocycles. The number of hydrogen-bond acceptors (Lipinski definition) is 3. The van der Waals surface area contributed by atoms with Crippen LogP contribution in [0.1, 0.15) is 18.4 Å². The Labute approximate surface area is 94.2 Å². The molecule has 1 fully saturated rings. The van der Waals surface area contributed by atoms with Gasteiger partial charge >= 0.3 is 0 Å². The molecule has 1 aliphatic rings. The van der Waals surface area contributed by atoms with E-state index < -0.39 is 0 Å². The van der Waals surface area contributed by atoms with Crippen LogP contribution >= 0.6 is 11.8 Å². The summed E-state index contributed by atoms with van der Waals surface area (Å²) >= 11 is 1.75. The van der Waals surface area contributed by atoms with Gasteiger partial charge in [-0.3, -0.25) is 4.79 Å². The van der Waals surface area contributed by atoms with Crippen LogP contribution in [0.3, 0.4) is 0 Å². The summed E-state index contributed by atoms with van der Waals surface area (Å²) in [4.78, 5) is 12.3. The van der Waals surface area contributed by atoms with Crippen molar-refractivity contribution in [3.63, 3.8) is 0 Å². The molecule has 3 heteroatoms. The fourth-order valence-electron chi connectivity index (χ4n) is 1.85. The Morgan fingerprint density at radius 1 is 1.47 bits per heavy atom. The molecule has 0 unspecified atom stereocenters. The van der Waals surface area contributed by atoms with E-state index in [0.717, 1.165) is 0 Å². The largest absolute Gasteiger partial charge is 0.329 e. The molecular formula is C12H15NOS. The van der Waals surface area contributed by atoms with E-state index in [-0.39, 0.29) is 4.75 Å². The topological polar surface area (TPSA) is 43.1 Å². The van der Waals surface area contributed by atoms with E-state index in [1.165, 1.54) is 10.5 Å². The predicted molar refractivity (Wildman–Crippen MR) is 63.1 cm³/mol. The fraction of sp³-hybridized carbons (Fsp3) is 0.417. The molecule has 15 heavy (non-hydrogen) atoms. The summed E-state index contributed by atoms with van der Waals surface area (Å²) in [5.74, 6) is 0.334. The maximum Gasteiger partial charge on any atom is 0.135 e. The number of hydrogen-bond donors (Lipinski definition) is 1. The molecule has 0 aliphatic heterocycles. The number of aryl methyl sites for hydroxylation is 1. The van der Waals surface area contributed by atoms with Gasteiger partial charge in [-0.15, -0.1) is 11.8 Å². The molecule has 2 nitrogen and oxygen atoms in total. The summed E-state index contributed by atoms with van der Waals surface area (Å²) in [6.45, 7) is 2.66. The first kappa shape index (κ1) is 10.7. The molecule has 1 aliphatic carbocycles. The van der Waals surface area contributed by atoms with Crippen LogP contribution in [0.4, 0.5) is 0 Å². The molecule has 1 saturated carbocycles. The second-order valence-electron chi connectivity index (χ2n) is 4.20. The average molecular weight is 221 g/mol. The van der Waals surface area contributed by atoms with Gasteiger partial charge in [0.25, 0.3) is 0 Å². The lowest BCUT2D eigenvalue weighted by Gasteiger charge is -2.38. The van der Waals surface area contributed by atoms with Crippen LogP contribution in [0, 0.1) is 6.92 Å². The van der Waals surface area contributed by atoms with Gasteiger partial charge in [-0.2, -0.15) is 0 Å². The minimum atomic E-state index is -0.0229. The van der Waals surface area contributed by atoms with Crippen LogP contribution in [0.2, 0.25) is 0 Å². The predicted octanol–water partition coefficient (Wildman–Crippen LogP) is 2.15. The Hall–Kier alpha value is -0.800. The number of Topliss-reactive ketones (excluding diaryl/α,β-unsaturated/α-hetero) is 1. The highest BCUT2D eigenvalue weighted by molar-refractivity contribution is 8.00. The number of carbonyl (C=O) groups excluding carboxylic acids is 1. The maximum absolute atomic E-state index is 11.1. The third-order valence-corrected chi connectivity index (χ3v) is 4.11. The quantitative estimate of drug-likeness (QED) is 0.850. The summed E-state index contributed by atoms with van der Waals surface area (Å²) in [5.41, 5.74) is 6.99. The van der Waals surface area contributed by atoms with E-state index in [2.05, 4.69) is 25.1 Å². The molecule has 1 aromatic carbocycles. The number of carbonyl (C=O) groups is 1. The number of thioether (sulfide) groups is 1. The minimum Gasteiger partial charge on any atom is -0.329 e. The van der Waals surface area contributed by atoms with Gasteiger partial charge in [-0.05, 0) is 19.1 Å². The standard InChI is InChI=1S/C12H15NOS/c1-9-3-2-4-11(5-9)15-12(8-13)6-10(14)7-12/h2-5H,6-8,13H2,1H3. The van der Waals surface area contributed by atoms with Crippen molar-refractivity contribution in [1.29, 1.82) is 0 Å². The zero-order chi connectivity index (χ0) is 10.9. The lowest BCUT2D eigenvalue weighted by Crippen LogP contribution is -2.47. The molecule has 1 aromatic rings. The van der Waals surface area contributed by atoms with Gasteiger partial charge in [0.05, 0.1) is 0 Å². The van der Waals surface area contributed by atoms with Crippen molar-refractivity contribution in [3.05, 3.63) is 29.8 Å². The molecule has 80 valence electrons. The van der Waals surface area contributed by atoms with Crippen molar-refractivity contribution in [3.8, 4) is 0 Å². The van der Waals surface area contributed by atoms with Gasteiger partial charge in [-0.1, -0.05) is 17.7 Å². The number of nitrogens with two attached hydrogens (primary N) is 1. The van der Waals surface area contributed by atoms with Crippen LogP contribution < -0.4 is 5.73 Å². The Morgan fingerprint density at radius 3 is 2.73 bits per heavy atom. The fourth-order valence-corrected chi connectivity index (χ4v) is 3.29. The van der Waals surface area contributed by atoms with Gasteiger partial charge in [0.1, 0.15) is 5.78 Å². The zero-order valence-electron chi connectivity index (χ0n) is 8.82. The molecule has 0 saturated heterocycles. The molecule has 2 rings (SSSR count). The average Bonchev–Trinajstić information content (AvgIpc) is 2.15. The monoisotopic (exact) mass is 221 g/mol. The molecule has 0 spiro atoms. The summed E-state index contributed by atoms with van der Waals surface area (Å²) in [6, 6.07) is 8.34. The Kier molecular flexibility index (Phi) is 2.85. The van der Waals surface area contributed by atoms with Crippen molar-refractivity contribution in [1.82, 2.24) is 0 Å². The van der Waals surface area contributed by atoms with Gasteiger partial charge in [0, 0.05) is 29.0 Å². The highest BCUT2D eigenvalue weighted by atomic mass is 32.2. The number of ketones is 1. The maximum atomic E-state index is 11.1. The van der Waals surface area contributed by atoms with Crippen LogP contribution in [0.5, 0.6) is 0 Å². The Balaban J connectivity index is 2.11. The van der Waals surface area contributed by atoms with E-state index in [1.54, 1.807) is 11.8 Å². The highest BCUT2D eigenvalue weighted by Crippen LogP contribution is 2.44. The van der Waals surface area contributed by atoms with Gasteiger partial charge in [-0.25, -0.2) is 0 Å². The SMILES string of the molecule is Cc1cccc(SC2(CN)CC(=O)C2)c1. The number of rotatable bonds is 3. The van der Waals surface area contributed by atoms with Crippen molar-refractivity contribution in [2.45, 2.75) is 29.4 Å². The van der Waals surface area contributed by atoms with Crippen molar-refractivity contribution < 1.29 is 4.79 Å². The van der Waals surface area contributed by atoms with Crippen LogP contribution in [-0.2, 0) is 4.79 Å². The first-order valence-corrected chi connectivity index (χ1v) is 5.93. The van der Waals surface area contributed by atoms with E-state index in [0.29, 0.717) is 25.2 Å². The summed E-state index contributed by atoms with van der Waals surface area (Å²) < 4.78 is -0.0229. The lowest BCUT2D eigenvalue weighted by atomic mass is 9.83. The van der Waals surface area contributed by atoms with Crippen molar-refractivity contribution in [2.75, 3.05) is 6.54 Å². The molecule has 2 N–H and O–H groups in total. The van der Waals surface area contributed by atoms with E-state index in [9.17, 15) is 4.79 Å². The lowest BCUT2D eigenvalue weighted by molar-refractivity contribution is -0.125. The normalized spacial score (nSPS) is 18.7. The van der Waals surface area contributed by atoms with Crippen LogP contribution in [0.25, 0.3) is 0 Å². The van der Waals surface area contributed by atoms with E-state index >= 15 is 0 Å². The molecule has 0 heterocycles. The summed E-state index contributed by atoms with van der Waals surface area (Å²) in [6.07, 6.45) is 1.25. The zero-order valence-corrected chi connectivity index (χ0v) is 9.64. The van der Waals surface area contributed by atoms with E-state index in [1.807, 2.05) is 6.07 Å². The molecular weight excluding hydrogens is 206 g/mol. The second kappa shape index (κ2) is 3.99. The third kappa shape index (κ3) is 2.24. The summed E-state index contributed by atoms with van der Waals surface area (Å²) in [7, 11) is 0. The molecule has 0 atom stereocenters. The smallest absolute Gasteiger partial charge is 0.135 e. The molecule has 0 bridgehead atoms. The highest BCUT2D eigenvalue weighted by Gasteiger charge is 2.43. The van der Waals surface area contributed by atoms with Crippen molar-refractivity contribution >= 4 is 17.5 Å². The van der Waals surface area contributed by atoms with Gasteiger partial charge in [0.15, 0.2) is 0 Å². The van der Waals surface area contributed by atoms with Gasteiger partial charge < -0.3 is 5.73 Å². The van der Waals surface area contributed by atoms with E-state index in [4.69, 9.17) is 5.73 Å². The van der Waals surface area contributed by atoms with Crippen LogP contribution in [0.15, 0.2) is 29.2 Å². The molecule has 0 amide bonds.